The number of rotatable bonds is 12. The highest BCUT2D eigenvalue weighted by molar-refractivity contribution is 5.92. The van der Waals surface area contributed by atoms with E-state index in [2.05, 4.69) is 20.7 Å². The van der Waals surface area contributed by atoms with Crippen molar-refractivity contribution in [2.45, 2.75) is 38.6 Å². The zero-order valence-corrected chi connectivity index (χ0v) is 21.4. The molecule has 200 valence electrons. The predicted octanol–water partition coefficient (Wildman–Crippen LogP) is 2.37. The Bertz CT molecular complexity index is 1220. The van der Waals surface area contributed by atoms with Crippen molar-refractivity contribution in [2.75, 3.05) is 26.3 Å². The molecular formula is C28H33N5O5. The molecule has 0 saturated carbocycles. The first-order chi connectivity index (χ1) is 18.4. The SMILES string of the molecule is CC(CO)(CC(Cc1ccc(-c2ccccc2)cc1)NC(=O)c1cnn[nH]1)C(=O)OCCN1CCCC1=O. The average Bonchev–Trinajstić information content (AvgIpc) is 3.62. The molecule has 0 spiro atoms. The molecule has 1 aromatic heterocycles. The van der Waals surface area contributed by atoms with E-state index in [9.17, 15) is 19.5 Å². The number of benzene rings is 2. The van der Waals surface area contributed by atoms with E-state index in [4.69, 9.17) is 4.74 Å². The summed E-state index contributed by atoms with van der Waals surface area (Å²) in [6, 6.07) is 17.5. The van der Waals surface area contributed by atoms with Crippen LogP contribution in [0.15, 0.2) is 60.8 Å². The highest BCUT2D eigenvalue weighted by Crippen LogP contribution is 2.27. The highest BCUT2D eigenvalue weighted by Gasteiger charge is 2.38. The number of aromatic nitrogens is 3. The Balaban J connectivity index is 1.45. The first kappa shape index (κ1) is 27.0. The van der Waals surface area contributed by atoms with Gasteiger partial charge in [0.15, 0.2) is 0 Å². The lowest BCUT2D eigenvalue weighted by Gasteiger charge is -2.30. The third-order valence-electron chi connectivity index (χ3n) is 6.84. The van der Waals surface area contributed by atoms with Gasteiger partial charge >= 0.3 is 5.97 Å². The second kappa shape index (κ2) is 12.5. The van der Waals surface area contributed by atoms with Crippen LogP contribution in [0.1, 0.15) is 42.2 Å². The van der Waals surface area contributed by atoms with Crippen LogP contribution in [0.25, 0.3) is 11.1 Å². The van der Waals surface area contributed by atoms with Gasteiger partial charge in [0.05, 0.1) is 24.8 Å². The highest BCUT2D eigenvalue weighted by atomic mass is 16.5. The molecule has 3 N–H and O–H groups in total. The fourth-order valence-electron chi connectivity index (χ4n) is 4.61. The van der Waals surface area contributed by atoms with Crippen molar-refractivity contribution in [2.24, 2.45) is 5.41 Å². The summed E-state index contributed by atoms with van der Waals surface area (Å²) in [5.74, 6) is -0.934. The molecule has 0 radical (unpaired) electrons. The number of likely N-dealkylation sites (tertiary alicyclic amines) is 1. The monoisotopic (exact) mass is 519 g/mol. The summed E-state index contributed by atoms with van der Waals surface area (Å²) in [6.07, 6.45) is 3.20. The fraction of sp³-hybridized carbons (Fsp3) is 0.393. The summed E-state index contributed by atoms with van der Waals surface area (Å²) in [6.45, 7) is 2.20. The Morgan fingerprint density at radius 1 is 1.16 bits per heavy atom. The number of nitrogens with one attached hydrogen (secondary N) is 2. The van der Waals surface area contributed by atoms with Gasteiger partial charge in [-0.25, -0.2) is 0 Å². The molecule has 1 aliphatic rings. The van der Waals surface area contributed by atoms with Crippen molar-refractivity contribution in [3.05, 3.63) is 72.1 Å². The molecule has 4 rings (SSSR count). The van der Waals surface area contributed by atoms with Crippen molar-refractivity contribution >= 4 is 17.8 Å². The van der Waals surface area contributed by atoms with Crippen molar-refractivity contribution in [1.82, 2.24) is 25.6 Å². The first-order valence-corrected chi connectivity index (χ1v) is 12.7. The lowest BCUT2D eigenvalue weighted by atomic mass is 9.82. The summed E-state index contributed by atoms with van der Waals surface area (Å²) in [5.41, 5.74) is 2.06. The number of nitrogens with zero attached hydrogens (tertiary/aromatic N) is 3. The van der Waals surface area contributed by atoms with Crippen molar-refractivity contribution in [1.29, 1.82) is 0 Å². The smallest absolute Gasteiger partial charge is 0.314 e. The third kappa shape index (κ3) is 6.83. The molecule has 2 aromatic carbocycles. The summed E-state index contributed by atoms with van der Waals surface area (Å²) in [7, 11) is 0. The lowest BCUT2D eigenvalue weighted by Crippen LogP contribution is -2.45. The summed E-state index contributed by atoms with van der Waals surface area (Å²) < 4.78 is 5.47. The molecule has 38 heavy (non-hydrogen) atoms. The number of carbonyl (C=O) groups excluding carboxylic acids is 3. The number of esters is 1. The van der Waals surface area contributed by atoms with Crippen LogP contribution in [-0.4, -0.2) is 75.5 Å². The Hall–Kier alpha value is -4.05. The molecule has 1 aliphatic heterocycles. The van der Waals surface area contributed by atoms with E-state index in [-0.39, 0.29) is 24.6 Å². The maximum Gasteiger partial charge on any atom is 0.314 e. The zero-order chi connectivity index (χ0) is 27.0. The number of aliphatic hydroxyl groups is 1. The molecule has 1 fully saturated rings. The number of aliphatic hydroxyl groups excluding tert-OH is 1. The maximum atomic E-state index is 13.0. The van der Waals surface area contributed by atoms with Crippen LogP contribution in [0.5, 0.6) is 0 Å². The van der Waals surface area contributed by atoms with Crippen molar-refractivity contribution < 1.29 is 24.2 Å². The minimum atomic E-state index is -1.26. The van der Waals surface area contributed by atoms with Gasteiger partial charge in [-0.2, -0.15) is 0 Å². The van der Waals surface area contributed by atoms with Gasteiger partial charge in [0.2, 0.25) is 5.91 Å². The predicted molar refractivity (Wildman–Crippen MR) is 140 cm³/mol. The van der Waals surface area contributed by atoms with Crippen LogP contribution in [-0.2, 0) is 20.7 Å². The standard InChI is InChI=1S/C28H33N5O5/c1-28(19-34,27(37)38-15-14-33-13-5-8-25(33)35)17-23(30-26(36)24-18-29-32-31-24)16-20-9-11-22(12-10-20)21-6-3-2-4-7-21/h2-4,6-7,9-12,18,23,34H,5,8,13-17,19H2,1H3,(H,30,36)(H,29,31,32). The number of amides is 2. The molecule has 2 amide bonds. The Morgan fingerprint density at radius 2 is 1.89 bits per heavy atom. The second-order valence-electron chi connectivity index (χ2n) is 9.85. The summed E-state index contributed by atoms with van der Waals surface area (Å²) in [5, 5.41) is 22.9. The number of ether oxygens (including phenoxy) is 1. The largest absolute Gasteiger partial charge is 0.463 e. The number of hydrogen-bond acceptors (Lipinski definition) is 7. The molecule has 10 nitrogen and oxygen atoms in total. The minimum absolute atomic E-state index is 0.0535. The molecule has 1 saturated heterocycles. The van der Waals surface area contributed by atoms with Crippen LogP contribution in [0, 0.1) is 5.41 Å². The third-order valence-corrected chi connectivity index (χ3v) is 6.84. The molecule has 2 atom stereocenters. The Morgan fingerprint density at radius 3 is 2.53 bits per heavy atom. The average molecular weight is 520 g/mol. The van der Waals surface area contributed by atoms with E-state index in [1.54, 1.807) is 11.8 Å². The van der Waals surface area contributed by atoms with E-state index in [1.807, 2.05) is 54.6 Å². The Labute approximate surface area is 221 Å². The zero-order valence-electron chi connectivity index (χ0n) is 21.4. The first-order valence-electron chi connectivity index (χ1n) is 12.7. The number of aromatic amines is 1. The molecule has 0 aliphatic carbocycles. The molecular weight excluding hydrogens is 486 g/mol. The van der Waals surface area contributed by atoms with Gasteiger partial charge in [0.25, 0.3) is 5.91 Å². The van der Waals surface area contributed by atoms with E-state index in [0.717, 1.165) is 23.1 Å². The van der Waals surface area contributed by atoms with E-state index in [0.29, 0.717) is 25.9 Å². The summed E-state index contributed by atoms with van der Waals surface area (Å²) in [4.78, 5) is 39.3. The molecule has 2 unspecified atom stereocenters. The second-order valence-corrected chi connectivity index (χ2v) is 9.85. The number of H-pyrrole nitrogens is 1. The molecule has 2 heterocycles. The van der Waals surface area contributed by atoms with Gasteiger partial charge in [0.1, 0.15) is 12.3 Å². The Kier molecular flexibility index (Phi) is 8.85. The van der Waals surface area contributed by atoms with Gasteiger partial charge < -0.3 is 20.1 Å². The quantitative estimate of drug-likeness (QED) is 0.312. The van der Waals surface area contributed by atoms with Crippen LogP contribution < -0.4 is 5.32 Å². The van der Waals surface area contributed by atoms with Crippen molar-refractivity contribution in [3.63, 3.8) is 0 Å². The number of carbonyl (C=O) groups is 3. The lowest BCUT2D eigenvalue weighted by molar-refractivity contribution is -0.159. The molecule has 0 bridgehead atoms. The van der Waals surface area contributed by atoms with Crippen molar-refractivity contribution in [3.8, 4) is 11.1 Å². The van der Waals surface area contributed by atoms with E-state index < -0.39 is 29.9 Å². The van der Waals surface area contributed by atoms with E-state index >= 15 is 0 Å². The van der Waals surface area contributed by atoms with Gasteiger partial charge in [-0.3, -0.25) is 19.5 Å². The number of hydrogen-bond donors (Lipinski definition) is 3. The van der Waals surface area contributed by atoms with Crippen LogP contribution in [0.2, 0.25) is 0 Å². The normalized spacial score (nSPS) is 15.6. The summed E-state index contributed by atoms with van der Waals surface area (Å²) >= 11 is 0. The van der Waals surface area contributed by atoms with Gasteiger partial charge in [0, 0.05) is 19.0 Å². The fourth-order valence-corrected chi connectivity index (χ4v) is 4.61. The minimum Gasteiger partial charge on any atom is -0.463 e. The van der Waals surface area contributed by atoms with Crippen LogP contribution in [0.3, 0.4) is 0 Å². The van der Waals surface area contributed by atoms with Gasteiger partial charge in [-0.15, -0.1) is 5.10 Å². The topological polar surface area (TPSA) is 138 Å². The maximum absolute atomic E-state index is 13.0. The van der Waals surface area contributed by atoms with Gasteiger partial charge in [-0.05, 0) is 42.9 Å². The van der Waals surface area contributed by atoms with Crippen LogP contribution in [0.4, 0.5) is 0 Å². The molecule has 10 heteroatoms. The van der Waals surface area contributed by atoms with Crippen LogP contribution >= 0.6 is 0 Å². The van der Waals surface area contributed by atoms with E-state index in [1.165, 1.54) is 6.20 Å². The van der Waals surface area contributed by atoms with Gasteiger partial charge in [-0.1, -0.05) is 59.8 Å². The molecule has 3 aromatic rings.